The molecular formula is C16H17N3S. The van der Waals surface area contributed by atoms with Gasteiger partial charge in [0.25, 0.3) is 0 Å². The Morgan fingerprint density at radius 3 is 3.15 bits per heavy atom. The Morgan fingerprint density at radius 2 is 2.25 bits per heavy atom. The maximum Gasteiger partial charge on any atom is 0.0994 e. The Balaban J connectivity index is 1.75. The van der Waals surface area contributed by atoms with Gasteiger partial charge in [-0.2, -0.15) is 0 Å². The Labute approximate surface area is 122 Å². The molecule has 1 N–H and O–H groups in total. The summed E-state index contributed by atoms with van der Waals surface area (Å²) >= 11 is 1.79. The minimum Gasteiger partial charge on any atom is -0.309 e. The van der Waals surface area contributed by atoms with Gasteiger partial charge in [0.2, 0.25) is 0 Å². The molecule has 1 unspecified atom stereocenters. The van der Waals surface area contributed by atoms with E-state index in [0.717, 1.165) is 6.54 Å². The first kappa shape index (κ1) is 12.1. The van der Waals surface area contributed by atoms with E-state index in [2.05, 4.69) is 44.5 Å². The van der Waals surface area contributed by atoms with Crippen molar-refractivity contribution in [3.8, 4) is 5.69 Å². The van der Waals surface area contributed by atoms with E-state index in [4.69, 9.17) is 0 Å². The normalized spacial score (nSPS) is 19.5. The maximum atomic E-state index is 4.37. The van der Waals surface area contributed by atoms with Crippen molar-refractivity contribution in [2.45, 2.75) is 25.3 Å². The van der Waals surface area contributed by atoms with Gasteiger partial charge >= 0.3 is 0 Å². The fourth-order valence-electron chi connectivity index (χ4n) is 2.99. The quantitative estimate of drug-likeness (QED) is 0.773. The van der Waals surface area contributed by atoms with E-state index in [1.54, 1.807) is 11.3 Å². The molecule has 1 saturated heterocycles. The summed E-state index contributed by atoms with van der Waals surface area (Å²) in [6, 6.07) is 9.25. The molecular weight excluding hydrogens is 266 g/mol. The predicted octanol–water partition coefficient (Wildman–Crippen LogP) is 3.90. The fraction of sp³-hybridized carbons (Fsp3) is 0.312. The number of fused-ring (bicyclic) bond motifs is 1. The molecule has 1 aromatic carbocycles. The number of nitrogens with zero attached hydrogens (tertiary/aromatic N) is 2. The molecule has 1 fully saturated rings. The van der Waals surface area contributed by atoms with E-state index in [1.807, 2.05) is 12.5 Å². The van der Waals surface area contributed by atoms with Crippen LogP contribution in [0.3, 0.4) is 0 Å². The summed E-state index contributed by atoms with van der Waals surface area (Å²) in [4.78, 5) is 4.37. The Kier molecular flexibility index (Phi) is 3.05. The smallest absolute Gasteiger partial charge is 0.0994 e. The first-order valence-corrected chi connectivity index (χ1v) is 8.03. The molecule has 3 aromatic rings. The number of thiophene rings is 1. The fourth-order valence-corrected chi connectivity index (χ4v) is 3.76. The van der Waals surface area contributed by atoms with E-state index in [0.29, 0.717) is 6.04 Å². The molecule has 4 heteroatoms. The van der Waals surface area contributed by atoms with Crippen molar-refractivity contribution >= 4 is 21.4 Å². The number of nitrogens with one attached hydrogen (secondary N) is 1. The summed E-state index contributed by atoms with van der Waals surface area (Å²) in [5.74, 6) is 0. The molecule has 1 aliphatic heterocycles. The summed E-state index contributed by atoms with van der Waals surface area (Å²) in [5.41, 5.74) is 2.48. The highest BCUT2D eigenvalue weighted by Gasteiger charge is 2.19. The van der Waals surface area contributed by atoms with Crippen molar-refractivity contribution in [1.29, 1.82) is 0 Å². The van der Waals surface area contributed by atoms with E-state index in [9.17, 15) is 0 Å². The number of imidazole rings is 1. The van der Waals surface area contributed by atoms with E-state index < -0.39 is 0 Å². The summed E-state index contributed by atoms with van der Waals surface area (Å²) in [7, 11) is 0. The average molecular weight is 283 g/mol. The van der Waals surface area contributed by atoms with Crippen molar-refractivity contribution in [2.24, 2.45) is 0 Å². The van der Waals surface area contributed by atoms with Crippen LogP contribution in [-0.4, -0.2) is 16.1 Å². The van der Waals surface area contributed by atoms with Crippen molar-refractivity contribution in [3.63, 3.8) is 0 Å². The zero-order valence-corrected chi connectivity index (χ0v) is 12.1. The number of piperidine rings is 1. The number of hydrogen-bond donors (Lipinski definition) is 1. The van der Waals surface area contributed by atoms with Gasteiger partial charge in [0.1, 0.15) is 0 Å². The van der Waals surface area contributed by atoms with Crippen molar-refractivity contribution in [3.05, 3.63) is 47.9 Å². The van der Waals surface area contributed by atoms with Gasteiger partial charge < -0.3 is 9.88 Å². The zero-order valence-electron chi connectivity index (χ0n) is 11.2. The van der Waals surface area contributed by atoms with Gasteiger partial charge in [-0.15, -0.1) is 11.3 Å². The highest BCUT2D eigenvalue weighted by molar-refractivity contribution is 7.17. The highest BCUT2D eigenvalue weighted by atomic mass is 32.1. The molecule has 3 heterocycles. The van der Waals surface area contributed by atoms with Crippen molar-refractivity contribution < 1.29 is 0 Å². The van der Waals surface area contributed by atoms with Crippen molar-refractivity contribution in [1.82, 2.24) is 14.9 Å². The number of rotatable bonds is 2. The lowest BCUT2D eigenvalue weighted by Crippen LogP contribution is -2.28. The third kappa shape index (κ3) is 2.05. The van der Waals surface area contributed by atoms with Gasteiger partial charge in [-0.25, -0.2) is 4.98 Å². The number of aromatic nitrogens is 2. The van der Waals surface area contributed by atoms with E-state index >= 15 is 0 Å². The van der Waals surface area contributed by atoms with Gasteiger partial charge in [-0.3, -0.25) is 0 Å². The van der Waals surface area contributed by atoms with E-state index in [1.165, 1.54) is 40.7 Å². The summed E-state index contributed by atoms with van der Waals surface area (Å²) in [6.07, 6.45) is 7.71. The molecule has 102 valence electrons. The Bertz CT molecular complexity index is 722. The molecule has 3 nitrogen and oxygen atoms in total. The van der Waals surface area contributed by atoms with Crippen LogP contribution in [0.25, 0.3) is 15.8 Å². The molecule has 2 aromatic heterocycles. The lowest BCUT2D eigenvalue weighted by atomic mass is 10.0. The standard InChI is InChI=1S/C16H17N3S/c1-2-7-18-14(3-1)15-10-17-11-19(15)13-4-5-16-12(9-13)6-8-20-16/h4-6,8-11,14,18H,1-3,7H2. The first-order chi connectivity index (χ1) is 9.92. The summed E-state index contributed by atoms with van der Waals surface area (Å²) in [6.45, 7) is 1.11. The lowest BCUT2D eigenvalue weighted by Gasteiger charge is -2.24. The second kappa shape index (κ2) is 5.04. The van der Waals surface area contributed by atoms with Crippen LogP contribution in [0.5, 0.6) is 0 Å². The van der Waals surface area contributed by atoms with Crippen LogP contribution < -0.4 is 5.32 Å². The summed E-state index contributed by atoms with van der Waals surface area (Å²) < 4.78 is 3.56. The number of hydrogen-bond acceptors (Lipinski definition) is 3. The van der Waals surface area contributed by atoms with Gasteiger partial charge in [-0.1, -0.05) is 6.42 Å². The second-order valence-electron chi connectivity index (χ2n) is 5.33. The third-order valence-electron chi connectivity index (χ3n) is 4.05. The van der Waals surface area contributed by atoms with Crippen LogP contribution in [-0.2, 0) is 0 Å². The van der Waals surface area contributed by atoms with Crippen LogP contribution >= 0.6 is 11.3 Å². The lowest BCUT2D eigenvalue weighted by molar-refractivity contribution is 0.402. The van der Waals surface area contributed by atoms with Gasteiger partial charge in [0.05, 0.1) is 18.2 Å². The Morgan fingerprint density at radius 1 is 1.25 bits per heavy atom. The predicted molar refractivity (Wildman–Crippen MR) is 83.5 cm³/mol. The molecule has 4 rings (SSSR count). The molecule has 0 radical (unpaired) electrons. The van der Waals surface area contributed by atoms with Gasteiger partial charge in [0.15, 0.2) is 0 Å². The molecule has 0 spiro atoms. The van der Waals surface area contributed by atoms with Crippen LogP contribution in [0.15, 0.2) is 42.2 Å². The molecule has 1 atom stereocenters. The largest absolute Gasteiger partial charge is 0.309 e. The summed E-state index contributed by atoms with van der Waals surface area (Å²) in [5, 5.41) is 7.06. The van der Waals surface area contributed by atoms with Crippen LogP contribution in [0.2, 0.25) is 0 Å². The maximum absolute atomic E-state index is 4.37. The van der Waals surface area contributed by atoms with Crippen LogP contribution in [0.4, 0.5) is 0 Å². The first-order valence-electron chi connectivity index (χ1n) is 7.15. The molecule has 0 aliphatic carbocycles. The van der Waals surface area contributed by atoms with Crippen LogP contribution in [0, 0.1) is 0 Å². The average Bonchev–Trinajstić information content (AvgIpc) is 3.16. The minimum absolute atomic E-state index is 0.435. The van der Waals surface area contributed by atoms with Gasteiger partial charge in [-0.05, 0) is 54.4 Å². The zero-order chi connectivity index (χ0) is 13.4. The number of benzene rings is 1. The monoisotopic (exact) mass is 283 g/mol. The topological polar surface area (TPSA) is 29.9 Å². The van der Waals surface area contributed by atoms with E-state index in [-0.39, 0.29) is 0 Å². The minimum atomic E-state index is 0.435. The molecule has 20 heavy (non-hydrogen) atoms. The van der Waals surface area contributed by atoms with Gasteiger partial charge in [0, 0.05) is 16.4 Å². The molecule has 1 aliphatic rings. The molecule has 0 bridgehead atoms. The Hall–Kier alpha value is -1.65. The third-order valence-corrected chi connectivity index (χ3v) is 4.95. The van der Waals surface area contributed by atoms with Crippen molar-refractivity contribution in [2.75, 3.05) is 6.54 Å². The molecule has 0 amide bonds. The molecule has 0 saturated carbocycles. The van der Waals surface area contributed by atoms with Crippen LogP contribution in [0.1, 0.15) is 31.0 Å². The second-order valence-corrected chi connectivity index (χ2v) is 6.28. The SMILES string of the molecule is c1cc2cc(-n3cncc3C3CCCCN3)ccc2s1. The highest BCUT2D eigenvalue weighted by Crippen LogP contribution is 2.28.